The second-order valence-corrected chi connectivity index (χ2v) is 6.46. The molecule has 2 aromatic heterocycles. The van der Waals surface area contributed by atoms with Gasteiger partial charge in [-0.3, -0.25) is 9.20 Å². The molecule has 0 fully saturated rings. The van der Waals surface area contributed by atoms with Crippen molar-refractivity contribution in [1.29, 1.82) is 0 Å². The van der Waals surface area contributed by atoms with Crippen molar-refractivity contribution in [2.24, 2.45) is 0 Å². The van der Waals surface area contributed by atoms with Crippen LogP contribution in [0.4, 0.5) is 0 Å². The van der Waals surface area contributed by atoms with Crippen molar-refractivity contribution in [3.63, 3.8) is 0 Å². The quantitative estimate of drug-likeness (QED) is 0.666. The lowest BCUT2D eigenvalue weighted by atomic mass is 10.2. The highest BCUT2D eigenvalue weighted by molar-refractivity contribution is 7.99. The van der Waals surface area contributed by atoms with Crippen molar-refractivity contribution in [3.05, 3.63) is 59.2 Å². The average Bonchev–Trinajstić information content (AvgIpc) is 2.98. The van der Waals surface area contributed by atoms with Crippen LogP contribution in [-0.4, -0.2) is 38.2 Å². The van der Waals surface area contributed by atoms with E-state index in [4.69, 9.17) is 11.6 Å². The van der Waals surface area contributed by atoms with Crippen LogP contribution in [0.1, 0.15) is 5.56 Å². The van der Waals surface area contributed by atoms with Gasteiger partial charge in [0.05, 0.1) is 5.75 Å². The van der Waals surface area contributed by atoms with Gasteiger partial charge >= 0.3 is 0 Å². The molecule has 0 saturated heterocycles. The SMILES string of the molecule is CN(Cc1ccc(Cl)cc1)C(=O)CSc1nnc2ccccn12. The molecular weight excluding hydrogens is 332 g/mol. The van der Waals surface area contributed by atoms with Gasteiger partial charge in [-0.2, -0.15) is 0 Å². The maximum absolute atomic E-state index is 12.3. The topological polar surface area (TPSA) is 50.5 Å². The van der Waals surface area contributed by atoms with Crippen molar-refractivity contribution in [2.45, 2.75) is 11.7 Å². The van der Waals surface area contributed by atoms with Crippen LogP contribution in [0.25, 0.3) is 5.65 Å². The van der Waals surface area contributed by atoms with Gasteiger partial charge in [-0.25, -0.2) is 0 Å². The molecule has 2 heterocycles. The molecule has 0 bridgehead atoms. The summed E-state index contributed by atoms with van der Waals surface area (Å²) in [5, 5.41) is 9.59. The molecule has 7 heteroatoms. The lowest BCUT2D eigenvalue weighted by molar-refractivity contribution is -0.127. The Morgan fingerprint density at radius 2 is 2.00 bits per heavy atom. The van der Waals surface area contributed by atoms with Gasteiger partial charge in [-0.1, -0.05) is 41.6 Å². The van der Waals surface area contributed by atoms with Gasteiger partial charge in [0, 0.05) is 24.8 Å². The molecule has 23 heavy (non-hydrogen) atoms. The number of fused-ring (bicyclic) bond motifs is 1. The van der Waals surface area contributed by atoms with Crippen LogP contribution in [-0.2, 0) is 11.3 Å². The summed E-state index contributed by atoms with van der Waals surface area (Å²) in [6, 6.07) is 13.2. The predicted molar refractivity (Wildman–Crippen MR) is 91.6 cm³/mol. The van der Waals surface area contributed by atoms with Crippen molar-refractivity contribution in [1.82, 2.24) is 19.5 Å². The number of hydrogen-bond donors (Lipinski definition) is 0. The Morgan fingerprint density at radius 1 is 1.22 bits per heavy atom. The Balaban J connectivity index is 1.59. The first-order valence-electron chi connectivity index (χ1n) is 7.04. The number of carbonyl (C=O) groups excluding carboxylic acids is 1. The fourth-order valence-corrected chi connectivity index (χ4v) is 3.10. The third kappa shape index (κ3) is 3.83. The maximum atomic E-state index is 12.3. The van der Waals surface area contributed by atoms with E-state index in [-0.39, 0.29) is 5.91 Å². The van der Waals surface area contributed by atoms with Gasteiger partial charge in [0.2, 0.25) is 5.91 Å². The maximum Gasteiger partial charge on any atom is 0.233 e. The van der Waals surface area contributed by atoms with Crippen LogP contribution in [0.3, 0.4) is 0 Å². The summed E-state index contributed by atoms with van der Waals surface area (Å²) in [5.74, 6) is 0.359. The first kappa shape index (κ1) is 15.8. The summed E-state index contributed by atoms with van der Waals surface area (Å²) in [6.07, 6.45) is 1.89. The first-order valence-corrected chi connectivity index (χ1v) is 8.41. The highest BCUT2D eigenvalue weighted by Gasteiger charge is 2.12. The highest BCUT2D eigenvalue weighted by Crippen LogP contribution is 2.17. The van der Waals surface area contributed by atoms with Gasteiger partial charge in [-0.05, 0) is 29.8 Å². The van der Waals surface area contributed by atoms with Crippen molar-refractivity contribution >= 4 is 34.9 Å². The standard InChI is InChI=1S/C16H15ClN4OS/c1-20(10-12-5-7-13(17)8-6-12)15(22)11-23-16-19-18-14-4-2-3-9-21(14)16/h2-9H,10-11H2,1H3. The predicted octanol–water partition coefficient (Wildman–Crippen LogP) is 3.13. The van der Waals surface area contributed by atoms with Crippen LogP contribution >= 0.6 is 23.4 Å². The van der Waals surface area contributed by atoms with E-state index in [1.807, 2.05) is 53.1 Å². The smallest absolute Gasteiger partial charge is 0.233 e. The highest BCUT2D eigenvalue weighted by atomic mass is 35.5. The number of nitrogens with zero attached hydrogens (tertiary/aromatic N) is 4. The van der Waals surface area contributed by atoms with Crippen molar-refractivity contribution in [2.75, 3.05) is 12.8 Å². The van der Waals surface area contributed by atoms with E-state index >= 15 is 0 Å². The number of pyridine rings is 1. The summed E-state index contributed by atoms with van der Waals surface area (Å²) in [7, 11) is 1.79. The molecule has 0 aliphatic carbocycles. The number of benzene rings is 1. The molecule has 0 spiro atoms. The van der Waals surface area contributed by atoms with Crippen LogP contribution in [0.15, 0.2) is 53.8 Å². The van der Waals surface area contributed by atoms with E-state index in [9.17, 15) is 4.79 Å². The molecule has 0 N–H and O–H groups in total. The number of thioether (sulfide) groups is 1. The largest absolute Gasteiger partial charge is 0.341 e. The second kappa shape index (κ2) is 7.02. The van der Waals surface area contributed by atoms with Gasteiger partial charge < -0.3 is 4.90 Å². The number of rotatable bonds is 5. The molecule has 118 valence electrons. The Kier molecular flexibility index (Phi) is 4.83. The molecule has 0 aliphatic heterocycles. The first-order chi connectivity index (χ1) is 11.1. The second-order valence-electron chi connectivity index (χ2n) is 5.08. The van der Waals surface area contributed by atoms with Crippen molar-refractivity contribution < 1.29 is 4.79 Å². The summed E-state index contributed by atoms with van der Waals surface area (Å²) >= 11 is 7.25. The van der Waals surface area contributed by atoms with E-state index < -0.39 is 0 Å². The van der Waals surface area contributed by atoms with Gasteiger partial charge in [0.15, 0.2) is 10.8 Å². The molecule has 0 radical (unpaired) electrons. The third-order valence-corrected chi connectivity index (χ3v) is 4.55. The van der Waals surface area contributed by atoms with Gasteiger partial charge in [0.25, 0.3) is 0 Å². The van der Waals surface area contributed by atoms with Gasteiger partial charge in [0.1, 0.15) is 0 Å². The molecule has 0 saturated carbocycles. The monoisotopic (exact) mass is 346 g/mol. The van der Waals surface area contributed by atoms with E-state index in [2.05, 4.69) is 10.2 Å². The Hall–Kier alpha value is -2.05. The number of carbonyl (C=O) groups is 1. The van der Waals surface area contributed by atoms with E-state index in [0.717, 1.165) is 11.2 Å². The normalized spacial score (nSPS) is 10.9. The van der Waals surface area contributed by atoms with Crippen LogP contribution in [0.2, 0.25) is 5.02 Å². The fourth-order valence-electron chi connectivity index (χ4n) is 2.11. The molecule has 1 aromatic carbocycles. The van der Waals surface area contributed by atoms with Crippen LogP contribution < -0.4 is 0 Å². The average molecular weight is 347 g/mol. The molecule has 3 aromatic rings. The van der Waals surface area contributed by atoms with E-state index in [1.165, 1.54) is 11.8 Å². The molecule has 5 nitrogen and oxygen atoms in total. The zero-order valence-corrected chi connectivity index (χ0v) is 14.1. The zero-order valence-electron chi connectivity index (χ0n) is 12.5. The zero-order chi connectivity index (χ0) is 16.2. The van der Waals surface area contributed by atoms with E-state index in [1.54, 1.807) is 11.9 Å². The minimum absolute atomic E-state index is 0.0395. The number of hydrogen-bond acceptors (Lipinski definition) is 4. The Labute approximate surface area is 143 Å². The lowest BCUT2D eigenvalue weighted by Crippen LogP contribution is -2.27. The van der Waals surface area contributed by atoms with Gasteiger partial charge in [-0.15, -0.1) is 10.2 Å². The minimum Gasteiger partial charge on any atom is -0.341 e. The van der Waals surface area contributed by atoms with Crippen LogP contribution in [0, 0.1) is 0 Å². The fraction of sp³-hybridized carbons (Fsp3) is 0.188. The molecule has 1 amide bonds. The van der Waals surface area contributed by atoms with Crippen LogP contribution in [0.5, 0.6) is 0 Å². The summed E-state index contributed by atoms with van der Waals surface area (Å²) in [4.78, 5) is 14.0. The molecular formula is C16H15ClN4OS. The Bertz CT molecular complexity index is 818. The van der Waals surface area contributed by atoms with Crippen molar-refractivity contribution in [3.8, 4) is 0 Å². The lowest BCUT2D eigenvalue weighted by Gasteiger charge is -2.16. The third-order valence-electron chi connectivity index (χ3n) is 3.37. The minimum atomic E-state index is 0.0395. The Morgan fingerprint density at radius 3 is 2.78 bits per heavy atom. The molecule has 0 aliphatic rings. The molecule has 3 rings (SSSR count). The number of aromatic nitrogens is 3. The molecule has 0 atom stereocenters. The van der Waals surface area contributed by atoms with E-state index in [0.29, 0.717) is 22.5 Å². The number of halogens is 1. The number of amides is 1. The summed E-state index contributed by atoms with van der Waals surface area (Å²) in [6.45, 7) is 0.553. The summed E-state index contributed by atoms with van der Waals surface area (Å²) in [5.41, 5.74) is 1.82. The molecule has 0 unspecified atom stereocenters. The summed E-state index contributed by atoms with van der Waals surface area (Å²) < 4.78 is 1.87.